The highest BCUT2D eigenvalue weighted by atomic mass is 35.5. The zero-order valence-corrected chi connectivity index (χ0v) is 13.1. The van der Waals surface area contributed by atoms with Gasteiger partial charge in [-0.05, 0) is 38.5 Å². The Morgan fingerprint density at radius 1 is 1.29 bits per heavy atom. The van der Waals surface area contributed by atoms with Crippen LogP contribution < -0.4 is 5.73 Å². The molecule has 1 unspecified atom stereocenters. The maximum Gasteiger partial charge on any atom is 0.315 e. The van der Waals surface area contributed by atoms with E-state index >= 15 is 0 Å². The number of halogens is 1. The van der Waals surface area contributed by atoms with Crippen molar-refractivity contribution in [3.05, 3.63) is 34.9 Å². The van der Waals surface area contributed by atoms with Gasteiger partial charge >= 0.3 is 11.9 Å². The smallest absolute Gasteiger partial charge is 0.315 e. The molecule has 116 valence electrons. The van der Waals surface area contributed by atoms with Gasteiger partial charge in [0.2, 0.25) is 0 Å². The van der Waals surface area contributed by atoms with Crippen molar-refractivity contribution in [1.82, 2.24) is 0 Å². The van der Waals surface area contributed by atoms with E-state index in [1.54, 1.807) is 45.0 Å². The number of rotatable bonds is 5. The molecule has 6 heteroatoms. The number of aliphatic carboxylic acids is 1. The van der Waals surface area contributed by atoms with E-state index in [9.17, 15) is 9.59 Å². The summed E-state index contributed by atoms with van der Waals surface area (Å²) in [5, 5.41) is 9.41. The molecule has 1 aromatic rings. The van der Waals surface area contributed by atoms with Crippen molar-refractivity contribution in [2.45, 2.75) is 44.8 Å². The van der Waals surface area contributed by atoms with Crippen LogP contribution in [0.3, 0.4) is 0 Å². The third kappa shape index (κ3) is 5.73. The minimum absolute atomic E-state index is 0.327. The van der Waals surface area contributed by atoms with Crippen molar-refractivity contribution in [3.63, 3.8) is 0 Å². The summed E-state index contributed by atoms with van der Waals surface area (Å²) in [5.41, 5.74) is 5.80. The van der Waals surface area contributed by atoms with Crippen LogP contribution in [-0.4, -0.2) is 28.7 Å². The maximum absolute atomic E-state index is 12.3. The summed E-state index contributed by atoms with van der Waals surface area (Å²) in [6.45, 7) is 5.23. The predicted octanol–water partition coefficient (Wildman–Crippen LogP) is 2.57. The molecule has 0 fully saturated rings. The van der Waals surface area contributed by atoms with E-state index in [4.69, 9.17) is 27.2 Å². The summed E-state index contributed by atoms with van der Waals surface area (Å²) in [6.07, 6.45) is -0.327. The number of carboxylic acids is 1. The Balaban J connectivity index is 3.07. The molecule has 0 bridgehead atoms. The zero-order chi connectivity index (χ0) is 16.2. The molecule has 2 atom stereocenters. The highest BCUT2D eigenvalue weighted by Gasteiger charge is 2.32. The number of esters is 1. The molecule has 0 radical (unpaired) electrons. The van der Waals surface area contributed by atoms with Crippen LogP contribution in [0.2, 0.25) is 5.02 Å². The second-order valence-corrected chi connectivity index (χ2v) is 6.26. The first-order valence-corrected chi connectivity index (χ1v) is 6.93. The monoisotopic (exact) mass is 313 g/mol. The Labute approximate surface area is 129 Å². The molecule has 0 aromatic heterocycles. The van der Waals surface area contributed by atoms with Crippen LogP contribution in [-0.2, 0) is 14.3 Å². The van der Waals surface area contributed by atoms with Crippen LogP contribution in [0.25, 0.3) is 0 Å². The summed E-state index contributed by atoms with van der Waals surface area (Å²) >= 11 is 5.82. The van der Waals surface area contributed by atoms with Gasteiger partial charge in [0.25, 0.3) is 0 Å². The summed E-state index contributed by atoms with van der Waals surface area (Å²) in [4.78, 5) is 23.2. The normalized spacial score (nSPS) is 14.3. The molecular formula is C15H20ClNO4. The lowest BCUT2D eigenvalue weighted by atomic mass is 9.90. The van der Waals surface area contributed by atoms with E-state index in [2.05, 4.69) is 0 Å². The zero-order valence-electron chi connectivity index (χ0n) is 12.3. The molecule has 0 aliphatic carbocycles. The van der Waals surface area contributed by atoms with Crippen LogP contribution in [0.4, 0.5) is 0 Å². The quantitative estimate of drug-likeness (QED) is 0.815. The highest BCUT2D eigenvalue weighted by molar-refractivity contribution is 6.30. The fourth-order valence-electron chi connectivity index (χ4n) is 1.91. The summed E-state index contributed by atoms with van der Waals surface area (Å²) in [6, 6.07) is 5.68. The van der Waals surface area contributed by atoms with Crippen LogP contribution in [0.15, 0.2) is 24.3 Å². The number of carboxylic acid groups (broad SMARTS) is 1. The first-order chi connectivity index (χ1) is 9.60. The van der Waals surface area contributed by atoms with Crippen LogP contribution in [0, 0.1) is 0 Å². The molecule has 0 aliphatic heterocycles. The number of carbonyl (C=O) groups excluding carboxylic acids is 1. The first kappa shape index (κ1) is 17.5. The molecule has 1 aromatic carbocycles. The summed E-state index contributed by atoms with van der Waals surface area (Å²) in [5.74, 6) is -2.46. The number of nitrogens with two attached hydrogens (primary N) is 1. The van der Waals surface area contributed by atoms with Gasteiger partial charge in [0.1, 0.15) is 5.60 Å². The molecule has 0 aliphatic rings. The van der Waals surface area contributed by atoms with Gasteiger partial charge < -0.3 is 15.6 Å². The largest absolute Gasteiger partial charge is 0.481 e. The first-order valence-electron chi connectivity index (χ1n) is 6.56. The summed E-state index contributed by atoms with van der Waals surface area (Å²) in [7, 11) is 0. The van der Waals surface area contributed by atoms with Gasteiger partial charge in [0.15, 0.2) is 0 Å². The van der Waals surface area contributed by atoms with E-state index in [0.717, 1.165) is 0 Å². The number of benzene rings is 1. The minimum Gasteiger partial charge on any atom is -0.481 e. The van der Waals surface area contributed by atoms with Gasteiger partial charge in [0.05, 0.1) is 12.3 Å². The molecule has 0 spiro atoms. The lowest BCUT2D eigenvalue weighted by molar-refractivity contribution is -0.157. The lowest BCUT2D eigenvalue weighted by Crippen LogP contribution is -2.39. The molecule has 0 saturated heterocycles. The molecule has 0 saturated carbocycles. The number of ether oxygens (including phenoxy) is 1. The van der Waals surface area contributed by atoms with Crippen molar-refractivity contribution in [3.8, 4) is 0 Å². The maximum atomic E-state index is 12.3. The molecule has 21 heavy (non-hydrogen) atoms. The van der Waals surface area contributed by atoms with Crippen LogP contribution in [0.1, 0.15) is 38.7 Å². The topological polar surface area (TPSA) is 89.6 Å². The number of hydrogen-bond donors (Lipinski definition) is 2. The van der Waals surface area contributed by atoms with Crippen LogP contribution >= 0.6 is 11.6 Å². The van der Waals surface area contributed by atoms with Gasteiger partial charge in [-0.1, -0.05) is 23.7 Å². The Morgan fingerprint density at radius 2 is 1.81 bits per heavy atom. The minimum atomic E-state index is -1.06. The molecule has 0 heterocycles. The van der Waals surface area contributed by atoms with Gasteiger partial charge in [-0.3, -0.25) is 9.59 Å². The molecular weight excluding hydrogens is 294 g/mol. The van der Waals surface area contributed by atoms with Crippen molar-refractivity contribution in [1.29, 1.82) is 0 Å². The second kappa shape index (κ2) is 6.91. The predicted molar refractivity (Wildman–Crippen MR) is 80.3 cm³/mol. The van der Waals surface area contributed by atoms with Crippen molar-refractivity contribution >= 4 is 23.5 Å². The summed E-state index contributed by atoms with van der Waals surface area (Å²) < 4.78 is 5.34. The fourth-order valence-corrected chi connectivity index (χ4v) is 2.04. The van der Waals surface area contributed by atoms with Gasteiger partial charge in [-0.25, -0.2) is 0 Å². The van der Waals surface area contributed by atoms with Crippen molar-refractivity contribution in [2.24, 2.45) is 5.73 Å². The lowest BCUT2D eigenvalue weighted by Gasteiger charge is -2.27. The van der Waals surface area contributed by atoms with Crippen molar-refractivity contribution < 1.29 is 19.4 Å². The molecule has 1 rings (SSSR count). The second-order valence-electron chi connectivity index (χ2n) is 5.82. The average Bonchev–Trinajstić information content (AvgIpc) is 2.28. The fraction of sp³-hybridized carbons (Fsp3) is 0.467. The molecule has 3 N–H and O–H groups in total. The Morgan fingerprint density at radius 3 is 2.24 bits per heavy atom. The van der Waals surface area contributed by atoms with Gasteiger partial charge in [-0.2, -0.15) is 0 Å². The number of carbonyl (C=O) groups is 2. The molecule has 5 nitrogen and oxygen atoms in total. The number of hydrogen-bond acceptors (Lipinski definition) is 4. The van der Waals surface area contributed by atoms with Crippen LogP contribution in [0.5, 0.6) is 0 Å². The van der Waals surface area contributed by atoms with E-state index in [1.165, 1.54) is 0 Å². The SMILES string of the molecule is CC(C)(C)OC(=O)C(c1ccc(Cl)cc1)[C@H](N)CC(=O)O. The third-order valence-electron chi connectivity index (χ3n) is 2.73. The van der Waals surface area contributed by atoms with Gasteiger partial charge in [0, 0.05) is 11.1 Å². The standard InChI is InChI=1S/C15H20ClNO4/c1-15(2,3)21-14(20)13(11(17)8-12(18)19)9-4-6-10(16)7-5-9/h4-7,11,13H,8,17H2,1-3H3,(H,18,19)/t11-,13?/m1/s1. The Bertz CT molecular complexity index is 507. The third-order valence-corrected chi connectivity index (χ3v) is 2.98. The average molecular weight is 314 g/mol. The van der Waals surface area contributed by atoms with Crippen molar-refractivity contribution in [2.75, 3.05) is 0 Å². The van der Waals surface area contributed by atoms with E-state index in [0.29, 0.717) is 10.6 Å². The Hall–Kier alpha value is -1.59. The van der Waals surface area contributed by atoms with E-state index < -0.39 is 29.5 Å². The Kier molecular flexibility index (Phi) is 5.75. The van der Waals surface area contributed by atoms with E-state index in [1.807, 2.05) is 0 Å². The van der Waals surface area contributed by atoms with Gasteiger partial charge in [-0.15, -0.1) is 0 Å². The van der Waals surface area contributed by atoms with E-state index in [-0.39, 0.29) is 6.42 Å². The molecule has 0 amide bonds. The highest BCUT2D eigenvalue weighted by Crippen LogP contribution is 2.26.